The smallest absolute Gasteiger partial charge is 0.254 e. The van der Waals surface area contributed by atoms with Gasteiger partial charge in [-0.1, -0.05) is 0 Å². The van der Waals surface area contributed by atoms with Gasteiger partial charge >= 0.3 is 0 Å². The van der Waals surface area contributed by atoms with Gasteiger partial charge in [-0.2, -0.15) is 0 Å². The Labute approximate surface area is 157 Å². The molecule has 0 aromatic heterocycles. The number of halogens is 1. The maximum atomic E-state index is 13.8. The Hall–Kier alpha value is -3.09. The first-order chi connectivity index (χ1) is 13.0. The van der Waals surface area contributed by atoms with E-state index >= 15 is 0 Å². The number of benzene rings is 2. The van der Waals surface area contributed by atoms with Crippen molar-refractivity contribution in [3.63, 3.8) is 0 Å². The van der Waals surface area contributed by atoms with Crippen molar-refractivity contribution >= 4 is 11.8 Å². The van der Waals surface area contributed by atoms with Crippen LogP contribution in [-0.4, -0.2) is 62.0 Å². The van der Waals surface area contributed by atoms with Crippen molar-refractivity contribution in [2.75, 3.05) is 40.4 Å². The van der Waals surface area contributed by atoms with Crippen molar-refractivity contribution < 1.29 is 23.5 Å². The van der Waals surface area contributed by atoms with Crippen LogP contribution in [0.4, 0.5) is 4.39 Å². The van der Waals surface area contributed by atoms with Crippen LogP contribution >= 0.6 is 0 Å². The van der Waals surface area contributed by atoms with E-state index in [-0.39, 0.29) is 23.1 Å². The lowest BCUT2D eigenvalue weighted by Crippen LogP contribution is -2.50. The van der Waals surface area contributed by atoms with Crippen LogP contribution in [0.1, 0.15) is 20.7 Å². The topological polar surface area (TPSA) is 59.1 Å². The van der Waals surface area contributed by atoms with Gasteiger partial charge in [0, 0.05) is 37.3 Å². The number of piperazine rings is 1. The van der Waals surface area contributed by atoms with Crippen molar-refractivity contribution in [1.82, 2.24) is 9.80 Å². The van der Waals surface area contributed by atoms with Gasteiger partial charge < -0.3 is 19.3 Å². The molecule has 6 nitrogen and oxygen atoms in total. The summed E-state index contributed by atoms with van der Waals surface area (Å²) >= 11 is 0. The summed E-state index contributed by atoms with van der Waals surface area (Å²) in [7, 11) is 2.95. The fourth-order valence-electron chi connectivity index (χ4n) is 3.01. The minimum atomic E-state index is -0.573. The van der Waals surface area contributed by atoms with Gasteiger partial charge in [0.2, 0.25) is 0 Å². The molecule has 7 heteroatoms. The molecule has 0 atom stereocenters. The predicted molar refractivity (Wildman–Crippen MR) is 97.8 cm³/mol. The zero-order chi connectivity index (χ0) is 19.4. The van der Waals surface area contributed by atoms with Crippen LogP contribution in [0.3, 0.4) is 0 Å². The van der Waals surface area contributed by atoms with Crippen LogP contribution in [0.15, 0.2) is 42.5 Å². The molecule has 2 aromatic carbocycles. The van der Waals surface area contributed by atoms with Crippen LogP contribution < -0.4 is 9.47 Å². The maximum absolute atomic E-state index is 13.8. The standard InChI is InChI=1S/C20H21FN2O4/c1-26-16-6-3-14(4-7-16)19(24)22-9-11-23(12-10-22)20(25)15-5-8-18(27-2)17(21)13-15/h3-8,13H,9-12H2,1-2H3. The number of hydrogen-bond acceptors (Lipinski definition) is 4. The van der Waals surface area contributed by atoms with Crippen molar-refractivity contribution in [1.29, 1.82) is 0 Å². The van der Waals surface area contributed by atoms with Gasteiger partial charge in [0.1, 0.15) is 5.75 Å². The zero-order valence-corrected chi connectivity index (χ0v) is 15.3. The van der Waals surface area contributed by atoms with E-state index in [1.807, 2.05) is 0 Å². The minimum Gasteiger partial charge on any atom is -0.497 e. The molecule has 0 spiro atoms. The monoisotopic (exact) mass is 372 g/mol. The third-order valence-corrected chi connectivity index (χ3v) is 4.59. The molecule has 0 bridgehead atoms. The van der Waals surface area contributed by atoms with Crippen molar-refractivity contribution in [3.8, 4) is 11.5 Å². The van der Waals surface area contributed by atoms with E-state index in [0.29, 0.717) is 37.5 Å². The van der Waals surface area contributed by atoms with Crippen molar-refractivity contribution in [3.05, 3.63) is 59.4 Å². The van der Waals surface area contributed by atoms with E-state index < -0.39 is 5.82 Å². The fraction of sp³-hybridized carbons (Fsp3) is 0.300. The number of amides is 2. The molecule has 2 aromatic rings. The molecule has 1 aliphatic rings. The molecule has 0 aliphatic carbocycles. The summed E-state index contributed by atoms with van der Waals surface area (Å²) < 4.78 is 23.8. The summed E-state index contributed by atoms with van der Waals surface area (Å²) in [6.45, 7) is 1.65. The van der Waals surface area contributed by atoms with Crippen molar-refractivity contribution in [2.45, 2.75) is 0 Å². The molecular weight excluding hydrogens is 351 g/mol. The number of carbonyl (C=O) groups excluding carboxylic acids is 2. The third-order valence-electron chi connectivity index (χ3n) is 4.59. The van der Waals surface area contributed by atoms with Crippen LogP contribution in [0.25, 0.3) is 0 Å². The second kappa shape index (κ2) is 8.07. The molecular formula is C20H21FN2O4. The van der Waals surface area contributed by atoms with E-state index in [2.05, 4.69) is 0 Å². The Morgan fingerprint density at radius 2 is 1.33 bits per heavy atom. The summed E-state index contributed by atoms with van der Waals surface area (Å²) in [5.74, 6) is -0.125. The van der Waals surface area contributed by atoms with Crippen LogP contribution in [0, 0.1) is 5.82 Å². The molecule has 27 heavy (non-hydrogen) atoms. The molecule has 1 saturated heterocycles. The quantitative estimate of drug-likeness (QED) is 0.827. The Kier molecular flexibility index (Phi) is 5.59. The SMILES string of the molecule is COc1ccc(C(=O)N2CCN(C(=O)c3ccc(OC)c(F)c3)CC2)cc1. The summed E-state index contributed by atoms with van der Waals surface area (Å²) in [6.07, 6.45) is 0. The summed E-state index contributed by atoms with van der Waals surface area (Å²) in [5, 5.41) is 0. The summed E-state index contributed by atoms with van der Waals surface area (Å²) in [5.41, 5.74) is 0.844. The number of ether oxygens (including phenoxy) is 2. The van der Waals surface area contributed by atoms with E-state index in [1.54, 1.807) is 47.2 Å². The number of rotatable bonds is 4. The molecule has 1 aliphatic heterocycles. The number of nitrogens with zero attached hydrogens (tertiary/aromatic N) is 2. The predicted octanol–water partition coefficient (Wildman–Crippen LogP) is 2.44. The molecule has 3 rings (SSSR count). The summed E-state index contributed by atoms with van der Waals surface area (Å²) in [6, 6.07) is 11.1. The van der Waals surface area contributed by atoms with Crippen LogP contribution in [0.2, 0.25) is 0 Å². The highest BCUT2D eigenvalue weighted by atomic mass is 19.1. The van der Waals surface area contributed by atoms with Crippen molar-refractivity contribution in [2.24, 2.45) is 0 Å². The van der Waals surface area contributed by atoms with Gasteiger partial charge in [0.25, 0.3) is 11.8 Å². The molecule has 1 heterocycles. The molecule has 0 radical (unpaired) electrons. The molecule has 2 amide bonds. The van der Waals surface area contributed by atoms with E-state index in [4.69, 9.17) is 9.47 Å². The van der Waals surface area contributed by atoms with Gasteiger partial charge in [-0.3, -0.25) is 9.59 Å². The Morgan fingerprint density at radius 1 is 0.815 bits per heavy atom. The largest absolute Gasteiger partial charge is 0.497 e. The lowest BCUT2D eigenvalue weighted by molar-refractivity contribution is 0.0535. The first-order valence-corrected chi connectivity index (χ1v) is 8.59. The van der Waals surface area contributed by atoms with E-state index in [9.17, 15) is 14.0 Å². The molecule has 0 saturated carbocycles. The highest BCUT2D eigenvalue weighted by molar-refractivity contribution is 5.96. The second-order valence-corrected chi connectivity index (χ2v) is 6.16. The van der Waals surface area contributed by atoms with Crippen LogP contribution in [0.5, 0.6) is 11.5 Å². The molecule has 0 unspecified atom stereocenters. The zero-order valence-electron chi connectivity index (χ0n) is 15.3. The van der Waals surface area contributed by atoms with Gasteiger partial charge in [0.05, 0.1) is 14.2 Å². The lowest BCUT2D eigenvalue weighted by Gasteiger charge is -2.35. The Balaban J connectivity index is 1.61. The fourth-order valence-corrected chi connectivity index (χ4v) is 3.01. The molecule has 1 fully saturated rings. The van der Waals surface area contributed by atoms with Gasteiger partial charge in [0.15, 0.2) is 11.6 Å². The summed E-state index contributed by atoms with van der Waals surface area (Å²) in [4.78, 5) is 28.5. The normalized spacial score (nSPS) is 14.0. The number of carbonyl (C=O) groups is 2. The minimum absolute atomic E-state index is 0.0831. The van der Waals surface area contributed by atoms with E-state index in [0.717, 1.165) is 0 Å². The first kappa shape index (κ1) is 18.7. The first-order valence-electron chi connectivity index (χ1n) is 8.59. The highest BCUT2D eigenvalue weighted by Crippen LogP contribution is 2.20. The average Bonchev–Trinajstić information content (AvgIpc) is 2.73. The lowest BCUT2D eigenvalue weighted by atomic mass is 10.1. The van der Waals surface area contributed by atoms with Gasteiger partial charge in [-0.05, 0) is 42.5 Å². The number of methoxy groups -OCH3 is 2. The van der Waals surface area contributed by atoms with Gasteiger partial charge in [-0.25, -0.2) is 4.39 Å². The maximum Gasteiger partial charge on any atom is 0.254 e. The Morgan fingerprint density at radius 3 is 1.81 bits per heavy atom. The number of hydrogen-bond donors (Lipinski definition) is 0. The van der Waals surface area contributed by atoms with Gasteiger partial charge in [-0.15, -0.1) is 0 Å². The molecule has 0 N–H and O–H groups in total. The average molecular weight is 372 g/mol. The van der Waals surface area contributed by atoms with E-state index in [1.165, 1.54) is 19.2 Å². The van der Waals surface area contributed by atoms with Crippen LogP contribution in [-0.2, 0) is 0 Å². The third kappa shape index (κ3) is 4.02. The second-order valence-electron chi connectivity index (χ2n) is 6.16. The highest BCUT2D eigenvalue weighted by Gasteiger charge is 2.26. The Bertz CT molecular complexity index is 830. The molecule has 142 valence electrons.